The van der Waals surface area contributed by atoms with Crippen molar-refractivity contribution < 1.29 is 9.53 Å². The van der Waals surface area contributed by atoms with Crippen LogP contribution in [0.2, 0.25) is 0 Å². The predicted molar refractivity (Wildman–Crippen MR) is 80.7 cm³/mol. The average Bonchev–Trinajstić information content (AvgIpc) is 2.89. The Morgan fingerprint density at radius 1 is 1.40 bits per heavy atom. The van der Waals surface area contributed by atoms with E-state index in [1.165, 1.54) is 0 Å². The number of carbonyl (C=O) groups is 1. The monoisotopic (exact) mass is 290 g/mol. The number of carbonyl (C=O) groups excluding carboxylic acids is 1. The molecule has 20 heavy (non-hydrogen) atoms. The summed E-state index contributed by atoms with van der Waals surface area (Å²) in [7, 11) is 1.56. The highest BCUT2D eigenvalue weighted by atomic mass is 32.2. The Kier molecular flexibility index (Phi) is 4.84. The highest BCUT2D eigenvalue weighted by Crippen LogP contribution is 2.27. The zero-order valence-corrected chi connectivity index (χ0v) is 12.7. The Balaban J connectivity index is 2.49. The summed E-state index contributed by atoms with van der Waals surface area (Å²) in [5.41, 5.74) is 1.21. The normalized spacial score (nSPS) is 10.6. The minimum absolute atomic E-state index is 0.0437. The van der Waals surface area contributed by atoms with Gasteiger partial charge in [-0.2, -0.15) is 5.10 Å². The lowest BCUT2D eigenvalue weighted by Gasteiger charge is -2.10. The van der Waals surface area contributed by atoms with Crippen molar-refractivity contribution in [3.8, 4) is 5.75 Å². The summed E-state index contributed by atoms with van der Waals surface area (Å²) >= 11 is 1.56. The standard InChI is InChI=1S/C15H18N2O2S/c1-4-9-17-14(12(19-2)10-16-17)15(18)11-7-5-6-8-13(11)20-3/h5-8,10H,4,9H2,1-3H3. The lowest BCUT2D eigenvalue weighted by atomic mass is 10.1. The van der Waals surface area contributed by atoms with E-state index in [1.54, 1.807) is 29.8 Å². The third kappa shape index (κ3) is 2.72. The number of ether oxygens (including phenoxy) is 1. The van der Waals surface area contributed by atoms with E-state index in [9.17, 15) is 4.79 Å². The number of aromatic nitrogens is 2. The zero-order chi connectivity index (χ0) is 14.5. The first-order valence-corrected chi connectivity index (χ1v) is 7.72. The molecule has 0 saturated carbocycles. The molecule has 0 radical (unpaired) electrons. The van der Waals surface area contributed by atoms with E-state index >= 15 is 0 Å². The van der Waals surface area contributed by atoms with Gasteiger partial charge in [-0.25, -0.2) is 0 Å². The van der Waals surface area contributed by atoms with Gasteiger partial charge in [0.1, 0.15) is 0 Å². The molecule has 2 aromatic rings. The van der Waals surface area contributed by atoms with Gasteiger partial charge in [0.15, 0.2) is 11.4 Å². The SMILES string of the molecule is CCCn1ncc(OC)c1C(=O)c1ccccc1SC. The Labute approximate surface area is 123 Å². The van der Waals surface area contributed by atoms with E-state index in [2.05, 4.69) is 12.0 Å². The smallest absolute Gasteiger partial charge is 0.215 e. The van der Waals surface area contributed by atoms with E-state index in [-0.39, 0.29) is 5.78 Å². The number of benzene rings is 1. The van der Waals surface area contributed by atoms with Gasteiger partial charge in [-0.05, 0) is 24.8 Å². The van der Waals surface area contributed by atoms with Crippen LogP contribution < -0.4 is 4.74 Å². The first kappa shape index (κ1) is 14.7. The van der Waals surface area contributed by atoms with Crippen molar-refractivity contribution in [3.63, 3.8) is 0 Å². The highest BCUT2D eigenvalue weighted by Gasteiger charge is 2.22. The van der Waals surface area contributed by atoms with Crippen LogP contribution in [0.4, 0.5) is 0 Å². The van der Waals surface area contributed by atoms with Crippen LogP contribution in [0, 0.1) is 0 Å². The fourth-order valence-electron chi connectivity index (χ4n) is 2.09. The fraction of sp³-hybridized carbons (Fsp3) is 0.333. The third-order valence-corrected chi connectivity index (χ3v) is 3.82. The molecule has 0 bridgehead atoms. The van der Waals surface area contributed by atoms with Crippen LogP contribution in [0.1, 0.15) is 29.4 Å². The lowest BCUT2D eigenvalue weighted by molar-refractivity contribution is 0.102. The van der Waals surface area contributed by atoms with Gasteiger partial charge in [0.25, 0.3) is 0 Å². The number of nitrogens with zero attached hydrogens (tertiary/aromatic N) is 2. The molecule has 0 saturated heterocycles. The second kappa shape index (κ2) is 6.61. The van der Waals surface area contributed by atoms with Gasteiger partial charge in [-0.3, -0.25) is 9.48 Å². The molecule has 1 heterocycles. The van der Waals surface area contributed by atoms with E-state index in [1.807, 2.05) is 30.5 Å². The summed E-state index contributed by atoms with van der Waals surface area (Å²) in [6.45, 7) is 2.75. The van der Waals surface area contributed by atoms with E-state index in [4.69, 9.17) is 4.74 Å². The van der Waals surface area contributed by atoms with E-state index < -0.39 is 0 Å². The number of hydrogen-bond acceptors (Lipinski definition) is 4. The van der Waals surface area contributed by atoms with Gasteiger partial charge in [0.05, 0.1) is 13.3 Å². The van der Waals surface area contributed by atoms with Crippen molar-refractivity contribution in [3.05, 3.63) is 41.7 Å². The van der Waals surface area contributed by atoms with Gasteiger partial charge in [-0.15, -0.1) is 11.8 Å². The summed E-state index contributed by atoms with van der Waals surface area (Å²) in [6, 6.07) is 7.60. The molecule has 0 spiro atoms. The molecular weight excluding hydrogens is 272 g/mol. The molecule has 0 unspecified atom stereocenters. The number of rotatable bonds is 6. The second-order valence-electron chi connectivity index (χ2n) is 4.31. The molecule has 4 nitrogen and oxygen atoms in total. The van der Waals surface area contributed by atoms with E-state index in [0.717, 1.165) is 11.3 Å². The van der Waals surface area contributed by atoms with Crippen molar-refractivity contribution in [2.45, 2.75) is 24.8 Å². The van der Waals surface area contributed by atoms with Gasteiger partial charge in [-0.1, -0.05) is 19.1 Å². The quantitative estimate of drug-likeness (QED) is 0.605. The molecule has 0 atom stereocenters. The van der Waals surface area contributed by atoms with Crippen molar-refractivity contribution in [2.75, 3.05) is 13.4 Å². The third-order valence-electron chi connectivity index (χ3n) is 3.03. The second-order valence-corrected chi connectivity index (χ2v) is 5.16. The van der Waals surface area contributed by atoms with Gasteiger partial charge in [0.2, 0.25) is 5.78 Å². The largest absolute Gasteiger partial charge is 0.493 e. The summed E-state index contributed by atoms with van der Waals surface area (Å²) in [4.78, 5) is 13.8. The number of aryl methyl sites for hydroxylation is 1. The zero-order valence-electron chi connectivity index (χ0n) is 11.9. The van der Waals surface area contributed by atoms with Crippen LogP contribution in [-0.4, -0.2) is 28.9 Å². The van der Waals surface area contributed by atoms with Crippen LogP contribution in [0.25, 0.3) is 0 Å². The van der Waals surface area contributed by atoms with Crippen LogP contribution in [0.15, 0.2) is 35.4 Å². The molecule has 106 valence electrons. The average molecular weight is 290 g/mol. The molecule has 0 aliphatic rings. The van der Waals surface area contributed by atoms with Crippen LogP contribution in [0.5, 0.6) is 5.75 Å². The first-order valence-electron chi connectivity index (χ1n) is 6.50. The topological polar surface area (TPSA) is 44.1 Å². The van der Waals surface area contributed by atoms with Crippen molar-refractivity contribution >= 4 is 17.5 Å². The summed E-state index contributed by atoms with van der Waals surface area (Å²) in [5.74, 6) is 0.483. The Hall–Kier alpha value is -1.75. The van der Waals surface area contributed by atoms with Crippen LogP contribution >= 0.6 is 11.8 Å². The maximum absolute atomic E-state index is 12.8. The summed E-state index contributed by atoms with van der Waals surface area (Å²) in [5, 5.41) is 4.24. The maximum Gasteiger partial charge on any atom is 0.215 e. The predicted octanol–water partition coefficient (Wildman–Crippen LogP) is 3.25. The fourth-order valence-corrected chi connectivity index (χ4v) is 2.68. The minimum Gasteiger partial charge on any atom is -0.493 e. The lowest BCUT2D eigenvalue weighted by Crippen LogP contribution is -2.13. The maximum atomic E-state index is 12.8. The molecule has 0 N–H and O–H groups in total. The minimum atomic E-state index is -0.0437. The molecule has 1 aromatic carbocycles. The molecule has 5 heteroatoms. The molecule has 0 aliphatic carbocycles. The van der Waals surface area contributed by atoms with Gasteiger partial charge in [0, 0.05) is 17.0 Å². The first-order chi connectivity index (χ1) is 9.72. The van der Waals surface area contributed by atoms with Gasteiger partial charge >= 0.3 is 0 Å². The van der Waals surface area contributed by atoms with Crippen molar-refractivity contribution in [1.29, 1.82) is 0 Å². The Morgan fingerprint density at radius 2 is 2.15 bits per heavy atom. The molecule has 1 aromatic heterocycles. The summed E-state index contributed by atoms with van der Waals surface area (Å²) < 4.78 is 7.00. The van der Waals surface area contributed by atoms with Crippen LogP contribution in [0.3, 0.4) is 0 Å². The van der Waals surface area contributed by atoms with Crippen molar-refractivity contribution in [2.24, 2.45) is 0 Å². The highest BCUT2D eigenvalue weighted by molar-refractivity contribution is 7.98. The number of hydrogen-bond donors (Lipinski definition) is 0. The molecule has 0 aliphatic heterocycles. The van der Waals surface area contributed by atoms with Crippen LogP contribution in [-0.2, 0) is 6.54 Å². The molecule has 0 amide bonds. The number of ketones is 1. The molecular formula is C15H18N2O2S. The molecule has 0 fully saturated rings. The summed E-state index contributed by atoms with van der Waals surface area (Å²) in [6.07, 6.45) is 4.48. The Bertz CT molecular complexity index is 608. The Morgan fingerprint density at radius 3 is 2.80 bits per heavy atom. The van der Waals surface area contributed by atoms with E-state index in [0.29, 0.717) is 23.6 Å². The van der Waals surface area contributed by atoms with Gasteiger partial charge < -0.3 is 4.74 Å². The van der Waals surface area contributed by atoms with Crippen molar-refractivity contribution in [1.82, 2.24) is 9.78 Å². The molecule has 2 rings (SSSR count). The number of methoxy groups -OCH3 is 1. The number of thioether (sulfide) groups is 1.